The van der Waals surface area contributed by atoms with Gasteiger partial charge in [0.05, 0.1) is 6.61 Å². The highest BCUT2D eigenvalue weighted by Crippen LogP contribution is 2.23. The molecule has 1 nitrogen and oxygen atoms in total. The Bertz CT molecular complexity index is 480. The summed E-state index contributed by atoms with van der Waals surface area (Å²) in [6.45, 7) is 5.11. The van der Waals surface area contributed by atoms with Crippen molar-refractivity contribution in [1.29, 1.82) is 0 Å². The van der Waals surface area contributed by atoms with Crippen molar-refractivity contribution >= 4 is 0 Å². The molecule has 0 aromatic heterocycles. The molecule has 94 valence electrons. The first-order valence-electron chi connectivity index (χ1n) is 6.39. The molecule has 2 aromatic rings. The van der Waals surface area contributed by atoms with Crippen molar-refractivity contribution in [2.45, 2.75) is 26.4 Å². The van der Waals surface area contributed by atoms with Crippen molar-refractivity contribution in [2.24, 2.45) is 0 Å². The van der Waals surface area contributed by atoms with E-state index in [1.54, 1.807) is 7.11 Å². The van der Waals surface area contributed by atoms with E-state index in [4.69, 9.17) is 4.74 Å². The molecule has 0 aliphatic rings. The quantitative estimate of drug-likeness (QED) is 0.757. The molecule has 2 rings (SSSR count). The van der Waals surface area contributed by atoms with Gasteiger partial charge in [-0.15, -0.1) is 0 Å². The van der Waals surface area contributed by atoms with Crippen LogP contribution in [0.15, 0.2) is 48.5 Å². The summed E-state index contributed by atoms with van der Waals surface area (Å²) in [4.78, 5) is 0. The largest absolute Gasteiger partial charge is 0.380 e. The van der Waals surface area contributed by atoms with Gasteiger partial charge in [-0.25, -0.2) is 0 Å². The molecule has 2 aromatic carbocycles. The normalized spacial score (nSPS) is 10.9. The predicted molar refractivity (Wildman–Crippen MR) is 76.7 cm³/mol. The number of benzene rings is 2. The second-order valence-electron chi connectivity index (χ2n) is 4.91. The molecular weight excluding hydrogens is 220 g/mol. The van der Waals surface area contributed by atoms with E-state index in [0.717, 1.165) is 0 Å². The lowest BCUT2D eigenvalue weighted by Gasteiger charge is -2.08. The zero-order valence-electron chi connectivity index (χ0n) is 11.3. The average Bonchev–Trinajstić information content (AvgIpc) is 2.40. The Labute approximate surface area is 109 Å². The molecule has 0 saturated carbocycles. The summed E-state index contributed by atoms with van der Waals surface area (Å²) in [6, 6.07) is 17.4. The van der Waals surface area contributed by atoms with E-state index in [1.807, 2.05) is 0 Å². The third kappa shape index (κ3) is 2.99. The maximum absolute atomic E-state index is 5.12. The number of hydrogen-bond donors (Lipinski definition) is 0. The van der Waals surface area contributed by atoms with E-state index in [2.05, 4.69) is 62.4 Å². The fourth-order valence-electron chi connectivity index (χ4n) is 2.02. The minimum atomic E-state index is 0.586. The molecule has 0 N–H and O–H groups in total. The maximum atomic E-state index is 5.12. The summed E-state index contributed by atoms with van der Waals surface area (Å²) in [5.74, 6) is 0.586. The van der Waals surface area contributed by atoms with Crippen molar-refractivity contribution < 1.29 is 4.74 Å². The molecule has 0 aliphatic heterocycles. The summed E-state index contributed by atoms with van der Waals surface area (Å²) in [7, 11) is 1.72. The van der Waals surface area contributed by atoms with Gasteiger partial charge in [0.25, 0.3) is 0 Å². The SMILES string of the molecule is COCc1ccc(-c2ccc(C(C)C)cc2)cc1. The Morgan fingerprint density at radius 3 is 1.78 bits per heavy atom. The highest BCUT2D eigenvalue weighted by molar-refractivity contribution is 5.64. The molecule has 0 fully saturated rings. The van der Waals surface area contributed by atoms with Crippen molar-refractivity contribution in [3.63, 3.8) is 0 Å². The van der Waals surface area contributed by atoms with Crippen molar-refractivity contribution in [3.05, 3.63) is 59.7 Å². The van der Waals surface area contributed by atoms with Crippen LogP contribution in [0, 0.1) is 0 Å². The van der Waals surface area contributed by atoms with E-state index in [1.165, 1.54) is 22.3 Å². The summed E-state index contributed by atoms with van der Waals surface area (Å²) < 4.78 is 5.12. The number of hydrogen-bond acceptors (Lipinski definition) is 1. The first-order valence-corrected chi connectivity index (χ1v) is 6.39. The van der Waals surface area contributed by atoms with Crippen LogP contribution in [0.25, 0.3) is 11.1 Å². The van der Waals surface area contributed by atoms with Gasteiger partial charge in [0.2, 0.25) is 0 Å². The monoisotopic (exact) mass is 240 g/mol. The highest BCUT2D eigenvalue weighted by atomic mass is 16.5. The molecule has 0 spiro atoms. The zero-order valence-corrected chi connectivity index (χ0v) is 11.3. The zero-order chi connectivity index (χ0) is 13.0. The van der Waals surface area contributed by atoms with Gasteiger partial charge in [0.15, 0.2) is 0 Å². The minimum absolute atomic E-state index is 0.586. The number of rotatable bonds is 4. The topological polar surface area (TPSA) is 9.23 Å². The number of ether oxygens (including phenoxy) is 1. The Balaban J connectivity index is 2.20. The molecule has 0 bridgehead atoms. The first kappa shape index (κ1) is 12.8. The second kappa shape index (κ2) is 5.83. The molecule has 18 heavy (non-hydrogen) atoms. The van der Waals surface area contributed by atoms with E-state index in [0.29, 0.717) is 12.5 Å². The molecule has 0 radical (unpaired) electrons. The van der Waals surface area contributed by atoms with E-state index >= 15 is 0 Å². The van der Waals surface area contributed by atoms with E-state index in [-0.39, 0.29) is 0 Å². The smallest absolute Gasteiger partial charge is 0.0713 e. The average molecular weight is 240 g/mol. The van der Waals surface area contributed by atoms with E-state index in [9.17, 15) is 0 Å². The Morgan fingerprint density at radius 1 is 0.833 bits per heavy atom. The van der Waals surface area contributed by atoms with Crippen LogP contribution in [0.1, 0.15) is 30.9 Å². The van der Waals surface area contributed by atoms with Gasteiger partial charge in [-0.3, -0.25) is 0 Å². The molecule has 0 amide bonds. The summed E-state index contributed by atoms with van der Waals surface area (Å²) in [5, 5.41) is 0. The van der Waals surface area contributed by atoms with Crippen LogP contribution in [0.4, 0.5) is 0 Å². The Morgan fingerprint density at radius 2 is 1.33 bits per heavy atom. The maximum Gasteiger partial charge on any atom is 0.0713 e. The fourth-order valence-corrected chi connectivity index (χ4v) is 2.02. The lowest BCUT2D eigenvalue weighted by Crippen LogP contribution is -1.88. The van der Waals surface area contributed by atoms with Crippen LogP contribution in [0.5, 0.6) is 0 Å². The lowest BCUT2D eigenvalue weighted by molar-refractivity contribution is 0.185. The van der Waals surface area contributed by atoms with Gasteiger partial charge in [0.1, 0.15) is 0 Å². The van der Waals surface area contributed by atoms with Crippen molar-refractivity contribution in [3.8, 4) is 11.1 Å². The Hall–Kier alpha value is -1.60. The van der Waals surface area contributed by atoms with Crippen molar-refractivity contribution in [1.82, 2.24) is 0 Å². The van der Waals surface area contributed by atoms with Crippen LogP contribution >= 0.6 is 0 Å². The predicted octanol–water partition coefficient (Wildman–Crippen LogP) is 4.62. The van der Waals surface area contributed by atoms with Gasteiger partial charge in [0, 0.05) is 7.11 Å². The van der Waals surface area contributed by atoms with Crippen LogP contribution in [-0.2, 0) is 11.3 Å². The van der Waals surface area contributed by atoms with Gasteiger partial charge in [-0.2, -0.15) is 0 Å². The van der Waals surface area contributed by atoms with Crippen LogP contribution < -0.4 is 0 Å². The van der Waals surface area contributed by atoms with Crippen LogP contribution in [0.2, 0.25) is 0 Å². The van der Waals surface area contributed by atoms with Gasteiger partial charge in [-0.1, -0.05) is 62.4 Å². The van der Waals surface area contributed by atoms with Gasteiger partial charge < -0.3 is 4.74 Å². The van der Waals surface area contributed by atoms with Gasteiger partial charge >= 0.3 is 0 Å². The molecular formula is C17H20O. The standard InChI is InChI=1S/C17H20O/c1-13(2)15-8-10-17(11-9-15)16-6-4-14(5-7-16)12-18-3/h4-11,13H,12H2,1-3H3. The van der Waals surface area contributed by atoms with Gasteiger partial charge in [-0.05, 0) is 28.2 Å². The molecule has 0 heterocycles. The van der Waals surface area contributed by atoms with Crippen LogP contribution in [0.3, 0.4) is 0 Å². The van der Waals surface area contributed by atoms with Crippen molar-refractivity contribution in [2.75, 3.05) is 7.11 Å². The Kier molecular flexibility index (Phi) is 4.16. The molecule has 1 heteroatoms. The lowest BCUT2D eigenvalue weighted by atomic mass is 9.98. The molecule has 0 saturated heterocycles. The summed E-state index contributed by atoms with van der Waals surface area (Å²) in [6.07, 6.45) is 0. The molecule has 0 aliphatic carbocycles. The van der Waals surface area contributed by atoms with Crippen LogP contribution in [-0.4, -0.2) is 7.11 Å². The number of methoxy groups -OCH3 is 1. The summed E-state index contributed by atoms with van der Waals surface area (Å²) in [5.41, 5.74) is 5.11. The van der Waals surface area contributed by atoms with E-state index < -0.39 is 0 Å². The minimum Gasteiger partial charge on any atom is -0.380 e. The highest BCUT2D eigenvalue weighted by Gasteiger charge is 2.01. The third-order valence-corrected chi connectivity index (χ3v) is 3.18. The summed E-state index contributed by atoms with van der Waals surface area (Å²) >= 11 is 0. The second-order valence-corrected chi connectivity index (χ2v) is 4.91. The molecule has 0 atom stereocenters. The fraction of sp³-hybridized carbons (Fsp3) is 0.294. The third-order valence-electron chi connectivity index (χ3n) is 3.18. The first-order chi connectivity index (χ1) is 8.70. The molecule has 0 unspecified atom stereocenters.